The molecular formula is C18H22. The highest BCUT2D eigenvalue weighted by atomic mass is 14.0. The van der Waals surface area contributed by atoms with Crippen LogP contribution in [0.4, 0.5) is 0 Å². The molecule has 0 saturated carbocycles. The first-order valence-corrected chi connectivity index (χ1v) is 6.74. The van der Waals surface area contributed by atoms with Gasteiger partial charge in [0.05, 0.1) is 0 Å². The molecule has 0 unspecified atom stereocenters. The number of hydrogen-bond acceptors (Lipinski definition) is 0. The molecule has 0 aliphatic rings. The van der Waals surface area contributed by atoms with Crippen LogP contribution in [-0.2, 0) is 6.42 Å². The van der Waals surface area contributed by atoms with Crippen molar-refractivity contribution in [2.75, 3.05) is 0 Å². The average Bonchev–Trinajstić information content (AvgIpc) is 2.42. The van der Waals surface area contributed by atoms with Gasteiger partial charge in [-0.1, -0.05) is 74.2 Å². The summed E-state index contributed by atoms with van der Waals surface area (Å²) in [6, 6.07) is 10.5. The minimum atomic E-state index is 1.00. The molecule has 0 fully saturated rings. The van der Waals surface area contributed by atoms with Gasteiger partial charge in [0.15, 0.2) is 0 Å². The van der Waals surface area contributed by atoms with Crippen molar-refractivity contribution in [3.8, 4) is 12.3 Å². The average molecular weight is 238 g/mol. The van der Waals surface area contributed by atoms with E-state index in [1.165, 1.54) is 18.4 Å². The number of rotatable bonds is 7. The number of benzene rings is 1. The molecule has 0 saturated heterocycles. The summed E-state index contributed by atoms with van der Waals surface area (Å²) in [6.45, 7) is 2.20. The highest BCUT2D eigenvalue weighted by molar-refractivity contribution is 5.36. The molecule has 0 atom stereocenters. The molecule has 94 valence electrons. The highest BCUT2D eigenvalue weighted by Crippen LogP contribution is 2.06. The van der Waals surface area contributed by atoms with Crippen molar-refractivity contribution < 1.29 is 0 Å². The van der Waals surface area contributed by atoms with E-state index < -0.39 is 0 Å². The smallest absolute Gasteiger partial charge is 0.0199 e. The zero-order valence-electron chi connectivity index (χ0n) is 11.2. The summed E-state index contributed by atoms with van der Waals surface area (Å²) in [5.74, 6) is 2.74. The molecule has 0 radical (unpaired) electrons. The van der Waals surface area contributed by atoms with Crippen LogP contribution in [0.15, 0.2) is 54.1 Å². The Kier molecular flexibility index (Phi) is 7.40. The number of unbranched alkanes of at least 4 members (excludes halogenated alkanes) is 2. The van der Waals surface area contributed by atoms with Crippen molar-refractivity contribution in [3.05, 3.63) is 59.7 Å². The maximum atomic E-state index is 5.50. The normalized spacial score (nSPS) is 11.7. The van der Waals surface area contributed by atoms with E-state index in [1.54, 1.807) is 0 Å². The molecule has 18 heavy (non-hydrogen) atoms. The fourth-order valence-corrected chi connectivity index (χ4v) is 1.75. The maximum Gasteiger partial charge on any atom is 0.0199 e. The molecule has 0 bridgehead atoms. The second kappa shape index (κ2) is 9.31. The van der Waals surface area contributed by atoms with Gasteiger partial charge in [-0.15, -0.1) is 6.42 Å². The predicted octanol–water partition coefficient (Wildman–Crippen LogP) is 4.93. The molecule has 0 N–H and O–H groups in total. The third kappa shape index (κ3) is 6.11. The minimum absolute atomic E-state index is 1.00. The van der Waals surface area contributed by atoms with Crippen molar-refractivity contribution >= 4 is 0 Å². The summed E-state index contributed by atoms with van der Waals surface area (Å²) in [6.07, 6.45) is 17.5. The fourth-order valence-electron chi connectivity index (χ4n) is 1.75. The highest BCUT2D eigenvalue weighted by Gasteiger charge is 1.90. The van der Waals surface area contributed by atoms with Gasteiger partial charge in [-0.05, 0) is 24.8 Å². The molecule has 0 spiro atoms. The van der Waals surface area contributed by atoms with E-state index in [9.17, 15) is 0 Å². The van der Waals surface area contributed by atoms with E-state index in [2.05, 4.69) is 55.3 Å². The second-order valence-corrected chi connectivity index (χ2v) is 4.37. The summed E-state index contributed by atoms with van der Waals surface area (Å²) in [7, 11) is 0. The summed E-state index contributed by atoms with van der Waals surface area (Å²) >= 11 is 0. The van der Waals surface area contributed by atoms with Crippen LogP contribution in [0, 0.1) is 12.3 Å². The lowest BCUT2D eigenvalue weighted by Gasteiger charge is -1.97. The van der Waals surface area contributed by atoms with Gasteiger partial charge in [-0.2, -0.15) is 0 Å². The van der Waals surface area contributed by atoms with Gasteiger partial charge < -0.3 is 0 Å². The molecule has 1 aromatic carbocycles. The molecule has 1 aromatic rings. The lowest BCUT2D eigenvalue weighted by Crippen LogP contribution is -1.83. The van der Waals surface area contributed by atoms with Gasteiger partial charge in [0.2, 0.25) is 0 Å². The molecule has 1 rings (SSSR count). The number of hydrogen-bond donors (Lipinski definition) is 0. The third-order valence-electron chi connectivity index (χ3n) is 2.83. The molecule has 0 aromatic heterocycles. The topological polar surface area (TPSA) is 0 Å². The summed E-state index contributed by atoms with van der Waals surface area (Å²) in [5, 5.41) is 0. The Morgan fingerprint density at radius 1 is 1.22 bits per heavy atom. The van der Waals surface area contributed by atoms with Gasteiger partial charge >= 0.3 is 0 Å². The second-order valence-electron chi connectivity index (χ2n) is 4.37. The van der Waals surface area contributed by atoms with Crippen molar-refractivity contribution in [2.45, 2.75) is 39.0 Å². The van der Waals surface area contributed by atoms with E-state index in [-0.39, 0.29) is 0 Å². The van der Waals surface area contributed by atoms with Crippen molar-refractivity contribution in [1.29, 1.82) is 0 Å². The van der Waals surface area contributed by atoms with E-state index in [0.717, 1.165) is 24.8 Å². The number of aryl methyl sites for hydroxylation is 1. The lowest BCUT2D eigenvalue weighted by atomic mass is 10.1. The molecule has 0 heterocycles. The van der Waals surface area contributed by atoms with Crippen LogP contribution < -0.4 is 0 Å². The number of allylic oxidation sites excluding steroid dienone is 4. The predicted molar refractivity (Wildman–Crippen MR) is 80.3 cm³/mol. The Labute approximate surface area is 111 Å². The standard InChI is InChI=1S/C18H22/c1-3-5-6-8-12-17(4-2)15-11-16-18-13-9-7-10-14-18/h2,7-10,12-15H,3,5-6,11,16H2,1H3/b12-8+,17-15-. The molecule has 0 aliphatic heterocycles. The van der Waals surface area contributed by atoms with Gasteiger partial charge in [0.25, 0.3) is 0 Å². The van der Waals surface area contributed by atoms with Crippen LogP contribution in [0.5, 0.6) is 0 Å². The quantitative estimate of drug-likeness (QED) is 0.359. The molecular weight excluding hydrogens is 216 g/mol. The monoisotopic (exact) mass is 238 g/mol. The first kappa shape index (κ1) is 14.3. The van der Waals surface area contributed by atoms with Gasteiger partial charge in [-0.25, -0.2) is 0 Å². The zero-order chi connectivity index (χ0) is 13.1. The molecule has 0 aliphatic carbocycles. The van der Waals surface area contributed by atoms with Gasteiger partial charge in [0, 0.05) is 5.57 Å². The minimum Gasteiger partial charge on any atom is -0.115 e. The molecule has 0 heteroatoms. The summed E-state index contributed by atoms with van der Waals surface area (Å²) in [4.78, 5) is 0. The van der Waals surface area contributed by atoms with Crippen molar-refractivity contribution in [3.63, 3.8) is 0 Å². The van der Waals surface area contributed by atoms with Gasteiger partial charge in [-0.3, -0.25) is 0 Å². The van der Waals surface area contributed by atoms with Crippen molar-refractivity contribution in [1.82, 2.24) is 0 Å². The van der Waals surface area contributed by atoms with Gasteiger partial charge in [0.1, 0.15) is 0 Å². The summed E-state index contributed by atoms with van der Waals surface area (Å²) in [5.41, 5.74) is 2.36. The van der Waals surface area contributed by atoms with E-state index in [4.69, 9.17) is 6.42 Å². The van der Waals surface area contributed by atoms with Crippen molar-refractivity contribution in [2.24, 2.45) is 0 Å². The molecule has 0 nitrogen and oxygen atoms in total. The van der Waals surface area contributed by atoms with E-state index >= 15 is 0 Å². The fraction of sp³-hybridized carbons (Fsp3) is 0.333. The van der Waals surface area contributed by atoms with Crippen LogP contribution in [0.1, 0.15) is 38.2 Å². The first-order chi connectivity index (χ1) is 8.86. The third-order valence-corrected chi connectivity index (χ3v) is 2.83. The Morgan fingerprint density at radius 2 is 2.00 bits per heavy atom. The zero-order valence-corrected chi connectivity index (χ0v) is 11.2. The Bertz CT molecular complexity index is 415. The largest absolute Gasteiger partial charge is 0.115 e. The van der Waals surface area contributed by atoms with Crippen LogP contribution in [0.2, 0.25) is 0 Å². The SMILES string of the molecule is C#CC(/C=C/CCCC)=C/CCc1ccccc1. The van der Waals surface area contributed by atoms with Crippen LogP contribution in [-0.4, -0.2) is 0 Å². The Morgan fingerprint density at radius 3 is 2.67 bits per heavy atom. The van der Waals surface area contributed by atoms with E-state index in [1.807, 2.05) is 6.07 Å². The number of terminal acetylenes is 1. The Hall–Kier alpha value is -1.74. The Balaban J connectivity index is 2.39. The van der Waals surface area contributed by atoms with E-state index in [0.29, 0.717) is 0 Å². The van der Waals surface area contributed by atoms with Crippen LogP contribution >= 0.6 is 0 Å². The lowest BCUT2D eigenvalue weighted by molar-refractivity contribution is 0.814. The first-order valence-electron chi connectivity index (χ1n) is 6.74. The molecule has 0 amide bonds. The maximum absolute atomic E-state index is 5.50. The summed E-state index contributed by atoms with van der Waals surface area (Å²) < 4.78 is 0. The van der Waals surface area contributed by atoms with Crippen LogP contribution in [0.25, 0.3) is 0 Å². The van der Waals surface area contributed by atoms with Crippen LogP contribution in [0.3, 0.4) is 0 Å².